The molecule has 0 spiro atoms. The molecule has 0 unspecified atom stereocenters. The molecule has 0 aliphatic heterocycles. The molecule has 170 valence electrons. The Morgan fingerprint density at radius 2 is 0.938 bits per heavy atom. The minimum atomic E-state index is -0.513. The lowest BCUT2D eigenvalue weighted by molar-refractivity contribution is -0.401. The summed E-state index contributed by atoms with van der Waals surface area (Å²) >= 11 is 0. The summed E-state index contributed by atoms with van der Waals surface area (Å²) in [6, 6.07) is 13.9. The van der Waals surface area contributed by atoms with Crippen LogP contribution in [0.1, 0.15) is 11.1 Å². The van der Waals surface area contributed by atoms with Crippen LogP contribution >= 0.6 is 0 Å². The standard InChI is InChI=1S/C22H24N2O8/c25-23(26)11-9-19-1-5-21(6-2-19)31-17-15-29-13-14-30-16-18-32-22-7-3-20(4-8-22)10-12-24(27)28/h1-12H,13-18H2/b11-9+,12-10+. The molecule has 0 aromatic heterocycles. The van der Waals surface area contributed by atoms with Gasteiger partial charge in [-0.05, 0) is 35.4 Å². The summed E-state index contributed by atoms with van der Waals surface area (Å²) < 4.78 is 21.9. The van der Waals surface area contributed by atoms with Gasteiger partial charge in [-0.25, -0.2) is 0 Å². The van der Waals surface area contributed by atoms with Crippen molar-refractivity contribution in [3.63, 3.8) is 0 Å². The number of nitro groups is 2. The lowest BCUT2D eigenvalue weighted by atomic mass is 10.2. The predicted octanol–water partition coefficient (Wildman–Crippen LogP) is 3.67. The van der Waals surface area contributed by atoms with Gasteiger partial charge in [0.1, 0.15) is 24.7 Å². The van der Waals surface area contributed by atoms with Crippen molar-refractivity contribution in [2.75, 3.05) is 39.6 Å². The lowest BCUT2D eigenvalue weighted by Gasteiger charge is -2.09. The van der Waals surface area contributed by atoms with Crippen molar-refractivity contribution in [3.8, 4) is 11.5 Å². The molecule has 0 amide bonds. The highest BCUT2D eigenvalue weighted by molar-refractivity contribution is 5.50. The monoisotopic (exact) mass is 444 g/mol. The van der Waals surface area contributed by atoms with Crippen LogP contribution < -0.4 is 9.47 Å². The van der Waals surface area contributed by atoms with Gasteiger partial charge in [0.15, 0.2) is 0 Å². The van der Waals surface area contributed by atoms with E-state index in [1.165, 1.54) is 12.2 Å². The van der Waals surface area contributed by atoms with Crippen LogP contribution in [0.25, 0.3) is 12.2 Å². The quantitative estimate of drug-likeness (QED) is 0.232. The first kappa shape index (κ1) is 24.5. The maximum Gasteiger partial charge on any atom is 0.235 e. The molecule has 0 bridgehead atoms. The van der Waals surface area contributed by atoms with Crippen molar-refractivity contribution >= 4 is 12.2 Å². The van der Waals surface area contributed by atoms with Crippen LogP contribution in [-0.2, 0) is 9.47 Å². The number of ether oxygens (including phenoxy) is 4. The summed E-state index contributed by atoms with van der Waals surface area (Å²) in [5.41, 5.74) is 1.43. The fraction of sp³-hybridized carbons (Fsp3) is 0.273. The second kappa shape index (κ2) is 14.3. The van der Waals surface area contributed by atoms with Crippen molar-refractivity contribution < 1.29 is 28.8 Å². The Kier molecular flexibility index (Phi) is 10.9. The number of rotatable bonds is 15. The molecular weight excluding hydrogens is 420 g/mol. The van der Waals surface area contributed by atoms with E-state index in [1.54, 1.807) is 48.5 Å². The van der Waals surface area contributed by atoms with Crippen molar-refractivity contribution in [1.82, 2.24) is 0 Å². The molecule has 0 atom stereocenters. The van der Waals surface area contributed by atoms with Gasteiger partial charge in [-0.15, -0.1) is 0 Å². The normalized spacial score (nSPS) is 11.1. The highest BCUT2D eigenvalue weighted by Gasteiger charge is 1.98. The molecule has 0 radical (unpaired) electrons. The zero-order chi connectivity index (χ0) is 23.0. The minimum Gasteiger partial charge on any atom is -0.491 e. The van der Waals surface area contributed by atoms with E-state index in [4.69, 9.17) is 18.9 Å². The molecule has 2 aromatic carbocycles. The van der Waals surface area contributed by atoms with Crippen LogP contribution in [-0.4, -0.2) is 49.5 Å². The van der Waals surface area contributed by atoms with Gasteiger partial charge in [-0.3, -0.25) is 20.2 Å². The van der Waals surface area contributed by atoms with Gasteiger partial charge in [-0.2, -0.15) is 0 Å². The second-order valence-corrected chi connectivity index (χ2v) is 6.26. The van der Waals surface area contributed by atoms with Gasteiger partial charge in [0, 0.05) is 12.2 Å². The van der Waals surface area contributed by atoms with Crippen LogP contribution in [0.2, 0.25) is 0 Å². The topological polar surface area (TPSA) is 123 Å². The summed E-state index contributed by atoms with van der Waals surface area (Å²) in [6.07, 6.45) is 4.59. The van der Waals surface area contributed by atoms with E-state index in [9.17, 15) is 20.2 Å². The van der Waals surface area contributed by atoms with Crippen molar-refractivity contribution in [2.45, 2.75) is 0 Å². The number of benzene rings is 2. The summed E-state index contributed by atoms with van der Waals surface area (Å²) in [4.78, 5) is 19.6. The minimum absolute atomic E-state index is 0.375. The van der Waals surface area contributed by atoms with Crippen LogP contribution in [0.5, 0.6) is 11.5 Å². The molecule has 0 aliphatic rings. The van der Waals surface area contributed by atoms with Crippen LogP contribution in [0.4, 0.5) is 0 Å². The zero-order valence-corrected chi connectivity index (χ0v) is 17.3. The van der Waals surface area contributed by atoms with Crippen molar-refractivity contribution in [1.29, 1.82) is 0 Å². The van der Waals surface area contributed by atoms with Gasteiger partial charge in [0.25, 0.3) is 0 Å². The molecular formula is C22H24N2O8. The first-order chi connectivity index (χ1) is 15.5. The summed E-state index contributed by atoms with van der Waals surface area (Å²) in [5.74, 6) is 1.31. The maximum atomic E-state index is 10.3. The summed E-state index contributed by atoms with van der Waals surface area (Å²) in [7, 11) is 0. The Morgan fingerprint density at radius 3 is 1.28 bits per heavy atom. The molecule has 2 rings (SSSR count). The average molecular weight is 444 g/mol. The van der Waals surface area contributed by atoms with Crippen LogP contribution in [0.15, 0.2) is 60.9 Å². The van der Waals surface area contributed by atoms with Gasteiger partial charge in [-0.1, -0.05) is 24.3 Å². The van der Waals surface area contributed by atoms with Crippen LogP contribution in [0, 0.1) is 20.2 Å². The molecule has 0 saturated heterocycles. The molecule has 10 nitrogen and oxygen atoms in total. The van der Waals surface area contributed by atoms with E-state index in [1.807, 2.05) is 0 Å². The first-order valence-electron chi connectivity index (χ1n) is 9.77. The van der Waals surface area contributed by atoms with Gasteiger partial charge in [0.2, 0.25) is 12.4 Å². The molecule has 0 saturated carbocycles. The zero-order valence-electron chi connectivity index (χ0n) is 17.3. The third-order valence-electron chi connectivity index (χ3n) is 3.90. The fourth-order valence-electron chi connectivity index (χ4n) is 2.40. The van der Waals surface area contributed by atoms with E-state index in [0.717, 1.165) is 12.4 Å². The van der Waals surface area contributed by atoms with Gasteiger partial charge < -0.3 is 18.9 Å². The van der Waals surface area contributed by atoms with E-state index in [0.29, 0.717) is 62.3 Å². The third kappa shape index (κ3) is 10.9. The predicted molar refractivity (Wildman–Crippen MR) is 118 cm³/mol. The SMILES string of the molecule is O=[N+]([O-])/C=C/c1ccc(OCCOCCOCCOc2ccc(/C=C/[N+](=O)[O-])cc2)cc1. The molecule has 0 aliphatic carbocycles. The Morgan fingerprint density at radius 1 is 0.594 bits per heavy atom. The Hall–Kier alpha value is -3.76. The lowest BCUT2D eigenvalue weighted by Crippen LogP contribution is -2.13. The van der Waals surface area contributed by atoms with E-state index in [2.05, 4.69) is 0 Å². The average Bonchev–Trinajstić information content (AvgIpc) is 2.79. The van der Waals surface area contributed by atoms with Gasteiger partial charge in [0.05, 0.1) is 36.3 Å². The molecule has 32 heavy (non-hydrogen) atoms. The van der Waals surface area contributed by atoms with Crippen molar-refractivity contribution in [2.24, 2.45) is 0 Å². The second-order valence-electron chi connectivity index (χ2n) is 6.26. The van der Waals surface area contributed by atoms with Gasteiger partial charge >= 0.3 is 0 Å². The molecule has 0 heterocycles. The smallest absolute Gasteiger partial charge is 0.235 e. The molecule has 10 heteroatoms. The van der Waals surface area contributed by atoms with E-state index in [-0.39, 0.29) is 0 Å². The number of hydrogen-bond donors (Lipinski definition) is 0. The van der Waals surface area contributed by atoms with Crippen molar-refractivity contribution in [3.05, 3.63) is 92.3 Å². The molecule has 0 fully saturated rings. The number of hydrogen-bond acceptors (Lipinski definition) is 8. The van der Waals surface area contributed by atoms with Crippen LogP contribution in [0.3, 0.4) is 0 Å². The number of nitrogens with zero attached hydrogens (tertiary/aromatic N) is 2. The summed E-state index contributed by atoms with van der Waals surface area (Å²) in [6.45, 7) is 2.40. The Balaban J connectivity index is 1.47. The fourth-order valence-corrected chi connectivity index (χ4v) is 2.40. The van der Waals surface area contributed by atoms with E-state index >= 15 is 0 Å². The Labute approximate surface area is 185 Å². The first-order valence-corrected chi connectivity index (χ1v) is 9.77. The maximum absolute atomic E-state index is 10.3. The Bertz CT molecular complexity index is 820. The highest BCUT2D eigenvalue weighted by Crippen LogP contribution is 2.14. The summed E-state index contributed by atoms with van der Waals surface area (Å²) in [5, 5.41) is 20.6. The third-order valence-corrected chi connectivity index (χ3v) is 3.90. The molecule has 0 N–H and O–H groups in total. The van der Waals surface area contributed by atoms with E-state index < -0.39 is 9.85 Å². The highest BCUT2D eigenvalue weighted by atomic mass is 16.6. The largest absolute Gasteiger partial charge is 0.491 e. The molecule has 2 aromatic rings.